The Balaban J connectivity index is 2.22. The summed E-state index contributed by atoms with van der Waals surface area (Å²) in [5.41, 5.74) is 3.36. The molecule has 0 saturated heterocycles. The molecule has 6 nitrogen and oxygen atoms in total. The largest absolute Gasteiger partial charge is 0.271 e. The van der Waals surface area contributed by atoms with Crippen LogP contribution in [0.3, 0.4) is 0 Å². The smallest absolute Gasteiger partial charge is 0.138 e. The predicted octanol–water partition coefficient (Wildman–Crippen LogP) is 2.14. The van der Waals surface area contributed by atoms with Gasteiger partial charge in [-0.1, -0.05) is 30.1 Å². The van der Waals surface area contributed by atoms with Crippen molar-refractivity contribution in [3.8, 4) is 0 Å². The molecule has 1 atom stereocenters. The fourth-order valence-corrected chi connectivity index (χ4v) is 2.46. The lowest BCUT2D eigenvalue weighted by Crippen LogP contribution is -2.31. The molecule has 20 heavy (non-hydrogen) atoms. The first-order chi connectivity index (χ1) is 9.65. The van der Waals surface area contributed by atoms with E-state index in [2.05, 4.69) is 27.4 Å². The van der Waals surface area contributed by atoms with Crippen molar-refractivity contribution in [1.82, 2.24) is 25.2 Å². The van der Waals surface area contributed by atoms with E-state index in [0.29, 0.717) is 22.2 Å². The quantitative estimate of drug-likeness (QED) is 0.630. The summed E-state index contributed by atoms with van der Waals surface area (Å²) in [5.74, 6) is 6.45. The zero-order valence-electron chi connectivity index (χ0n) is 11.1. The molecule has 0 aliphatic carbocycles. The molecule has 0 amide bonds. The Kier molecular flexibility index (Phi) is 5.31. The van der Waals surface area contributed by atoms with Gasteiger partial charge in [-0.3, -0.25) is 20.9 Å². The summed E-state index contributed by atoms with van der Waals surface area (Å²) in [6, 6.07) is 1.39. The van der Waals surface area contributed by atoms with Crippen LogP contribution in [0.1, 0.15) is 30.9 Å². The van der Waals surface area contributed by atoms with E-state index in [9.17, 15) is 0 Å². The topological polar surface area (TPSA) is 81.7 Å². The lowest BCUT2D eigenvalue weighted by atomic mass is 10.1. The second-order valence-corrected chi connectivity index (χ2v) is 5.19. The van der Waals surface area contributed by atoms with Gasteiger partial charge < -0.3 is 0 Å². The average Bonchev–Trinajstić information content (AvgIpc) is 2.84. The van der Waals surface area contributed by atoms with Crippen LogP contribution in [-0.4, -0.2) is 19.7 Å². The molecule has 0 fully saturated rings. The van der Waals surface area contributed by atoms with Crippen LogP contribution in [0.25, 0.3) is 0 Å². The molecule has 2 aromatic heterocycles. The van der Waals surface area contributed by atoms with Gasteiger partial charge in [-0.15, -0.1) is 0 Å². The molecule has 0 radical (unpaired) electrons. The van der Waals surface area contributed by atoms with Crippen LogP contribution >= 0.6 is 23.2 Å². The van der Waals surface area contributed by atoms with Gasteiger partial charge in [0.25, 0.3) is 0 Å². The number of nitrogens with one attached hydrogen (secondary N) is 1. The Morgan fingerprint density at radius 1 is 1.40 bits per heavy atom. The second kappa shape index (κ2) is 6.99. The third-order valence-electron chi connectivity index (χ3n) is 2.89. The van der Waals surface area contributed by atoms with Crippen LogP contribution in [0, 0.1) is 0 Å². The third-order valence-corrected chi connectivity index (χ3v) is 3.39. The van der Waals surface area contributed by atoms with Crippen LogP contribution < -0.4 is 11.3 Å². The first-order valence-electron chi connectivity index (χ1n) is 6.29. The van der Waals surface area contributed by atoms with Gasteiger partial charge in [0.2, 0.25) is 0 Å². The summed E-state index contributed by atoms with van der Waals surface area (Å²) in [6.45, 7) is 2.90. The normalized spacial score (nSPS) is 12.6. The molecular formula is C12H16Cl2N6. The lowest BCUT2D eigenvalue weighted by Gasteiger charge is -2.16. The highest BCUT2D eigenvalue weighted by molar-refractivity contribution is 6.34. The fraction of sp³-hybridized carbons (Fsp3) is 0.417. The molecule has 0 aliphatic rings. The minimum Gasteiger partial charge on any atom is -0.271 e. The van der Waals surface area contributed by atoms with Gasteiger partial charge in [0, 0.05) is 19.2 Å². The van der Waals surface area contributed by atoms with Gasteiger partial charge in [-0.05, 0) is 12.5 Å². The molecule has 1 unspecified atom stereocenters. The van der Waals surface area contributed by atoms with Gasteiger partial charge in [0.1, 0.15) is 12.2 Å². The van der Waals surface area contributed by atoms with Gasteiger partial charge in [-0.25, -0.2) is 4.98 Å². The number of nitrogens with zero attached hydrogens (tertiary/aromatic N) is 4. The zero-order chi connectivity index (χ0) is 14.5. The van der Waals surface area contributed by atoms with Gasteiger partial charge in [0.15, 0.2) is 0 Å². The standard InChI is InChI=1S/C12H16Cl2N6/c1-2-3-20-11(17-7-18-20)5-10(19-15)12-9(14)4-8(13)6-16-12/h4,6-7,10,19H,2-3,5,15H2,1H3. The molecule has 0 spiro atoms. The van der Waals surface area contributed by atoms with E-state index < -0.39 is 0 Å². The monoisotopic (exact) mass is 314 g/mol. The molecule has 2 heterocycles. The van der Waals surface area contributed by atoms with Crippen LogP contribution in [0.2, 0.25) is 10.0 Å². The molecule has 2 aromatic rings. The predicted molar refractivity (Wildman–Crippen MR) is 78.3 cm³/mol. The summed E-state index contributed by atoms with van der Waals surface area (Å²) in [7, 11) is 0. The van der Waals surface area contributed by atoms with E-state index in [4.69, 9.17) is 29.0 Å². The van der Waals surface area contributed by atoms with E-state index in [1.165, 1.54) is 6.33 Å². The summed E-state index contributed by atoms with van der Waals surface area (Å²) < 4.78 is 1.86. The Hall–Kier alpha value is -1.21. The highest BCUT2D eigenvalue weighted by Gasteiger charge is 2.18. The van der Waals surface area contributed by atoms with Crippen molar-refractivity contribution in [3.05, 3.63) is 40.2 Å². The molecule has 3 N–H and O–H groups in total. The Morgan fingerprint density at radius 2 is 2.20 bits per heavy atom. The number of hydrogen-bond acceptors (Lipinski definition) is 5. The van der Waals surface area contributed by atoms with E-state index in [-0.39, 0.29) is 6.04 Å². The minimum atomic E-state index is -0.250. The molecule has 0 bridgehead atoms. The van der Waals surface area contributed by atoms with Gasteiger partial charge in [-0.2, -0.15) is 5.10 Å². The van der Waals surface area contributed by atoms with Crippen molar-refractivity contribution in [3.63, 3.8) is 0 Å². The van der Waals surface area contributed by atoms with E-state index in [0.717, 1.165) is 18.8 Å². The van der Waals surface area contributed by atoms with Gasteiger partial charge in [0.05, 0.1) is 21.8 Å². The summed E-state index contributed by atoms with van der Waals surface area (Å²) in [6.07, 6.45) is 4.61. The Labute approximate surface area is 127 Å². The molecule has 108 valence electrons. The molecular weight excluding hydrogens is 299 g/mol. The van der Waals surface area contributed by atoms with Crippen molar-refractivity contribution in [1.29, 1.82) is 0 Å². The number of aryl methyl sites for hydroxylation is 1. The van der Waals surface area contributed by atoms with E-state index in [1.54, 1.807) is 12.3 Å². The number of halogens is 2. The van der Waals surface area contributed by atoms with E-state index >= 15 is 0 Å². The number of nitrogens with two attached hydrogens (primary N) is 1. The molecule has 0 aliphatic heterocycles. The van der Waals surface area contributed by atoms with Crippen LogP contribution in [0.5, 0.6) is 0 Å². The second-order valence-electron chi connectivity index (χ2n) is 4.34. The Morgan fingerprint density at radius 3 is 2.85 bits per heavy atom. The fourth-order valence-electron chi connectivity index (χ4n) is 1.94. The van der Waals surface area contributed by atoms with Crippen molar-refractivity contribution in [2.24, 2.45) is 5.84 Å². The average molecular weight is 315 g/mol. The molecule has 2 rings (SSSR count). The molecule has 0 saturated carbocycles. The number of aromatic nitrogens is 4. The highest BCUT2D eigenvalue weighted by atomic mass is 35.5. The van der Waals surface area contributed by atoms with Crippen molar-refractivity contribution in [2.45, 2.75) is 32.4 Å². The number of hydrogen-bond donors (Lipinski definition) is 2. The van der Waals surface area contributed by atoms with Crippen molar-refractivity contribution in [2.75, 3.05) is 0 Å². The maximum absolute atomic E-state index is 6.16. The number of rotatable bonds is 6. The summed E-state index contributed by atoms with van der Waals surface area (Å²) in [4.78, 5) is 8.50. The minimum absolute atomic E-state index is 0.250. The lowest BCUT2D eigenvalue weighted by molar-refractivity contribution is 0.491. The zero-order valence-corrected chi connectivity index (χ0v) is 12.6. The van der Waals surface area contributed by atoms with Crippen molar-refractivity contribution < 1.29 is 0 Å². The first-order valence-corrected chi connectivity index (χ1v) is 7.05. The third kappa shape index (κ3) is 3.46. The number of pyridine rings is 1. The van der Waals surface area contributed by atoms with Crippen molar-refractivity contribution >= 4 is 23.2 Å². The number of hydrazine groups is 1. The maximum Gasteiger partial charge on any atom is 0.138 e. The Bertz CT molecular complexity index is 571. The summed E-state index contributed by atoms with van der Waals surface area (Å²) in [5, 5.41) is 5.15. The SMILES string of the molecule is CCCn1ncnc1CC(NN)c1ncc(Cl)cc1Cl. The van der Waals surface area contributed by atoms with E-state index in [1.807, 2.05) is 4.68 Å². The molecule has 0 aromatic carbocycles. The van der Waals surface area contributed by atoms with Crippen LogP contribution in [0.4, 0.5) is 0 Å². The highest BCUT2D eigenvalue weighted by Crippen LogP contribution is 2.25. The van der Waals surface area contributed by atoms with Crippen LogP contribution in [0.15, 0.2) is 18.6 Å². The van der Waals surface area contributed by atoms with Gasteiger partial charge >= 0.3 is 0 Å². The molecule has 8 heteroatoms. The maximum atomic E-state index is 6.16. The first kappa shape index (κ1) is 15.2. The summed E-state index contributed by atoms with van der Waals surface area (Å²) >= 11 is 12.0. The van der Waals surface area contributed by atoms with Crippen LogP contribution in [-0.2, 0) is 13.0 Å².